The number of methoxy groups -OCH3 is 1. The number of ether oxygens (including phenoxy) is 1. The Hall–Kier alpha value is -5.56. The maximum atomic E-state index is 15.6. The van der Waals surface area contributed by atoms with Crippen molar-refractivity contribution in [3.63, 3.8) is 0 Å². The number of halogens is 1. The summed E-state index contributed by atoms with van der Waals surface area (Å²) in [6.07, 6.45) is 1.22. The predicted molar refractivity (Wildman–Crippen MR) is 170 cm³/mol. The van der Waals surface area contributed by atoms with Gasteiger partial charge in [-0.05, 0) is 65.4 Å². The number of aromatic nitrogens is 2. The van der Waals surface area contributed by atoms with Crippen LogP contribution >= 0.6 is 0 Å². The van der Waals surface area contributed by atoms with E-state index in [2.05, 4.69) is 21.3 Å². The molecule has 1 aliphatic rings. The first-order chi connectivity index (χ1) is 21.9. The molecule has 4 amide bonds. The number of benzene rings is 3. The Morgan fingerprint density at radius 2 is 1.67 bits per heavy atom. The van der Waals surface area contributed by atoms with Gasteiger partial charge in [0.2, 0.25) is 5.91 Å². The fourth-order valence-electron chi connectivity index (χ4n) is 5.50. The van der Waals surface area contributed by atoms with Gasteiger partial charge in [-0.25, -0.2) is 14.0 Å². The summed E-state index contributed by atoms with van der Waals surface area (Å²) in [4.78, 5) is 61.2. The first-order valence-corrected chi connectivity index (χ1v) is 14.4. The molecule has 2 heterocycles. The van der Waals surface area contributed by atoms with Crippen LogP contribution in [0.2, 0.25) is 0 Å². The average molecular weight is 629 g/mol. The Balaban J connectivity index is 1.44. The van der Waals surface area contributed by atoms with Crippen LogP contribution < -0.4 is 37.3 Å². The lowest BCUT2D eigenvalue weighted by Crippen LogP contribution is -2.59. The van der Waals surface area contributed by atoms with E-state index in [4.69, 9.17) is 4.74 Å². The Morgan fingerprint density at radius 3 is 2.37 bits per heavy atom. The van der Waals surface area contributed by atoms with Crippen LogP contribution in [0.5, 0.6) is 5.75 Å². The fraction of sp³-hybridized carbons (Fsp3) is 0.242. The van der Waals surface area contributed by atoms with E-state index in [0.717, 1.165) is 32.4 Å². The highest BCUT2D eigenvalue weighted by Crippen LogP contribution is 2.37. The zero-order chi connectivity index (χ0) is 33.3. The van der Waals surface area contributed by atoms with Gasteiger partial charge in [0.05, 0.1) is 7.11 Å². The van der Waals surface area contributed by atoms with E-state index in [1.54, 1.807) is 18.2 Å². The fourth-order valence-corrected chi connectivity index (χ4v) is 5.50. The molecule has 13 heteroatoms. The van der Waals surface area contributed by atoms with Crippen molar-refractivity contribution in [3.8, 4) is 28.0 Å². The summed E-state index contributed by atoms with van der Waals surface area (Å²) in [5.41, 5.74) is 3.90. The molecule has 1 saturated heterocycles. The van der Waals surface area contributed by atoms with E-state index in [-0.39, 0.29) is 30.0 Å². The van der Waals surface area contributed by atoms with Crippen molar-refractivity contribution < 1.29 is 23.5 Å². The van der Waals surface area contributed by atoms with Crippen LogP contribution in [0.25, 0.3) is 22.3 Å². The summed E-state index contributed by atoms with van der Waals surface area (Å²) in [6, 6.07) is 12.9. The minimum atomic E-state index is -0.726. The number of amides is 4. The molecule has 238 valence electrons. The van der Waals surface area contributed by atoms with Gasteiger partial charge >= 0.3 is 11.7 Å². The van der Waals surface area contributed by atoms with Crippen LogP contribution in [0.1, 0.15) is 27.0 Å². The normalized spacial score (nSPS) is 14.4. The van der Waals surface area contributed by atoms with Gasteiger partial charge in [-0.3, -0.25) is 24.3 Å². The summed E-state index contributed by atoms with van der Waals surface area (Å²) >= 11 is 0. The Morgan fingerprint density at radius 1 is 1.00 bits per heavy atom. The molecule has 4 aromatic rings. The highest BCUT2D eigenvalue weighted by atomic mass is 19.1. The van der Waals surface area contributed by atoms with E-state index in [1.165, 1.54) is 38.0 Å². The number of hydrogen-bond acceptors (Lipinski definition) is 7. The zero-order valence-electron chi connectivity index (χ0n) is 25.9. The lowest BCUT2D eigenvalue weighted by Gasteiger charge is -2.23. The van der Waals surface area contributed by atoms with Crippen LogP contribution in [0, 0.1) is 19.7 Å². The van der Waals surface area contributed by atoms with Crippen molar-refractivity contribution in [1.29, 1.82) is 0 Å². The number of aryl methyl sites for hydroxylation is 1. The largest absolute Gasteiger partial charge is 0.496 e. The summed E-state index contributed by atoms with van der Waals surface area (Å²) in [5, 5.41) is 10.5. The van der Waals surface area contributed by atoms with Gasteiger partial charge in [-0.2, -0.15) is 0 Å². The molecule has 1 aliphatic heterocycles. The first-order valence-electron chi connectivity index (χ1n) is 14.4. The van der Waals surface area contributed by atoms with Crippen molar-refractivity contribution in [2.24, 2.45) is 14.1 Å². The first kappa shape index (κ1) is 31.9. The van der Waals surface area contributed by atoms with Gasteiger partial charge in [-0.15, -0.1) is 0 Å². The number of carbonyl (C=O) groups excluding carboxylic acids is 3. The molecule has 0 bridgehead atoms. The van der Waals surface area contributed by atoms with Crippen molar-refractivity contribution in [1.82, 2.24) is 25.1 Å². The summed E-state index contributed by atoms with van der Waals surface area (Å²) in [7, 11) is 4.21. The van der Waals surface area contributed by atoms with Crippen LogP contribution in [0.4, 0.5) is 14.9 Å². The molecule has 1 fully saturated rings. The molecule has 46 heavy (non-hydrogen) atoms. The highest BCUT2D eigenvalue weighted by molar-refractivity contribution is 6.04. The number of imide groups is 1. The Bertz CT molecular complexity index is 2020. The van der Waals surface area contributed by atoms with E-state index < -0.39 is 41.0 Å². The third-order valence-electron chi connectivity index (χ3n) is 8.13. The second-order valence-corrected chi connectivity index (χ2v) is 11.0. The van der Waals surface area contributed by atoms with Crippen LogP contribution in [0.3, 0.4) is 0 Å². The third-order valence-corrected chi connectivity index (χ3v) is 8.13. The molecular weight excluding hydrogens is 595 g/mol. The van der Waals surface area contributed by atoms with Crippen molar-refractivity contribution in [2.75, 3.05) is 19.0 Å². The van der Waals surface area contributed by atoms with Gasteiger partial charge in [0.1, 0.15) is 23.2 Å². The monoisotopic (exact) mass is 628 g/mol. The highest BCUT2D eigenvalue weighted by Gasteiger charge is 2.26. The zero-order valence-corrected chi connectivity index (χ0v) is 25.9. The maximum absolute atomic E-state index is 15.6. The molecule has 4 N–H and O–H groups in total. The second kappa shape index (κ2) is 12.8. The molecule has 5 rings (SSSR count). The van der Waals surface area contributed by atoms with Crippen molar-refractivity contribution in [3.05, 3.63) is 104 Å². The molecule has 12 nitrogen and oxygen atoms in total. The van der Waals surface area contributed by atoms with E-state index in [0.29, 0.717) is 11.3 Å². The smallest absolute Gasteiger partial charge is 0.330 e. The van der Waals surface area contributed by atoms with E-state index in [9.17, 15) is 24.0 Å². The summed E-state index contributed by atoms with van der Waals surface area (Å²) in [5.74, 6) is -1.38. The van der Waals surface area contributed by atoms with Crippen LogP contribution in [-0.4, -0.2) is 46.7 Å². The van der Waals surface area contributed by atoms with Crippen molar-refractivity contribution >= 4 is 23.5 Å². The number of nitrogens with zero attached hydrogens (tertiary/aromatic N) is 2. The predicted octanol–water partition coefficient (Wildman–Crippen LogP) is 2.73. The quantitative estimate of drug-likeness (QED) is 0.234. The number of carbonyl (C=O) groups is 3. The van der Waals surface area contributed by atoms with Gasteiger partial charge in [0.15, 0.2) is 0 Å². The third kappa shape index (κ3) is 6.04. The second-order valence-electron chi connectivity index (χ2n) is 11.0. The van der Waals surface area contributed by atoms with Crippen LogP contribution in [0.15, 0.2) is 64.3 Å². The van der Waals surface area contributed by atoms with E-state index in [1.807, 2.05) is 38.1 Å². The van der Waals surface area contributed by atoms with Gasteiger partial charge in [-0.1, -0.05) is 30.3 Å². The number of hydrogen-bond donors (Lipinski definition) is 4. The van der Waals surface area contributed by atoms with E-state index >= 15 is 4.39 Å². The van der Waals surface area contributed by atoms with Crippen molar-refractivity contribution in [2.45, 2.75) is 26.4 Å². The van der Waals surface area contributed by atoms with Crippen LogP contribution in [-0.2, 0) is 25.4 Å². The summed E-state index contributed by atoms with van der Waals surface area (Å²) < 4.78 is 23.1. The number of urea groups is 1. The molecule has 1 unspecified atom stereocenters. The molecule has 3 aromatic carbocycles. The molecular formula is C33H33FN6O6. The molecule has 0 aliphatic carbocycles. The van der Waals surface area contributed by atoms with Gasteiger partial charge in [0, 0.05) is 44.6 Å². The maximum Gasteiger partial charge on any atom is 0.330 e. The lowest BCUT2D eigenvalue weighted by molar-refractivity contribution is -0.122. The average Bonchev–Trinajstić information content (AvgIpc) is 3.02. The SMILES string of the molecule is COc1cc(-c2cccc(-c3cccc(NC(=O)c4cn(C)c(=O)n(C)c4=O)c3C)c2C)cc(F)c1CNC1CNC(=O)NC1=O. The Kier molecular flexibility index (Phi) is 8.87. The standard InChI is InChI=1S/C33H33FN6O6/c1-17-20(19-12-25(34)23(28(13-19)46-5)14-35-27-15-36-32(44)38-30(27)42)8-6-9-21(17)22-10-7-11-26(18(22)2)37-29(41)24-16-39(3)33(45)40(4)31(24)43/h6-13,16,27,35H,14-15H2,1-5H3,(H,37,41)(H2,36,38,42,44). The summed E-state index contributed by atoms with van der Waals surface area (Å²) in [6.45, 7) is 3.83. The molecule has 0 radical (unpaired) electrons. The molecule has 0 spiro atoms. The molecule has 1 aromatic heterocycles. The number of nitrogens with one attached hydrogen (secondary N) is 4. The minimum absolute atomic E-state index is 0.00858. The Labute approximate surface area is 263 Å². The van der Waals surface area contributed by atoms with Gasteiger partial charge in [0.25, 0.3) is 11.5 Å². The van der Waals surface area contributed by atoms with Gasteiger partial charge < -0.3 is 25.3 Å². The number of anilines is 1. The lowest BCUT2D eigenvalue weighted by atomic mass is 9.90. The molecule has 0 saturated carbocycles. The molecule has 1 atom stereocenters. The topological polar surface area (TPSA) is 153 Å². The number of rotatable bonds is 8. The minimum Gasteiger partial charge on any atom is -0.496 e.